The van der Waals surface area contributed by atoms with E-state index in [0.29, 0.717) is 96.0 Å². The number of aryl methyl sites for hydroxylation is 1. The first kappa shape index (κ1) is 78.5. The zero-order chi connectivity index (χ0) is 74.2. The fourth-order valence-corrected chi connectivity index (χ4v) is 18.6. The Hall–Kier alpha value is -7.10. The van der Waals surface area contributed by atoms with Crippen LogP contribution in [0.15, 0.2) is 141 Å². The van der Waals surface area contributed by atoms with E-state index in [9.17, 15) is 54.0 Å². The van der Waals surface area contributed by atoms with Crippen LogP contribution in [-0.2, 0) is 39.0 Å². The highest BCUT2D eigenvalue weighted by Crippen LogP contribution is 2.44. The lowest BCUT2D eigenvalue weighted by atomic mass is 9.72. The van der Waals surface area contributed by atoms with E-state index in [-0.39, 0.29) is 52.5 Å². The van der Waals surface area contributed by atoms with E-state index in [1.54, 1.807) is 28.4 Å². The molecule has 19 nitrogen and oxygen atoms in total. The standard InChI is InChI=1S/C77H101F3N10O9S4/c1-10-18-52(2)63-44-75(8,9)36-34-58(63)45-86-39-41-88(42-40-86)60-30-28-57(29-31-60)71(93)85-103(98,99)62-32-33-64(66(43-62)102(96,97)77(78,79)80)83-59(46-100-61-19-13-11-14-20-61)35-38-87-47-76(48-87)49-89(50-76)68(92)23-16-12-15-22-67(91)84-70(74(5,6)7)73(95)90-37-17-21-65(90)72(94)82-53(3)55-24-26-56(27-25-55)69-54(4)81-51-101-69/h11,13-14,19-20,24-33,43,51,53,59,65,70,83H,2,10,12,15-18,21-23,34-42,44-50H2,1,3-9H3,(H,82,94)(H,84,91)(H,85,93)/t53-,59+,65-,70?/m0/s1. The SMILES string of the molecule is C=C(CCC)C1=C(CN2CCN(c3ccc(C(=O)NS(=O)(=O)c4ccc(N[C@H](CCN5CC6(C5)CN(C(=O)CCCCCC(=O)NC(C(=O)N5CCC[C@H]5C(=O)N[C@@H](C)c5ccc(-c7scnc7C)cc5)C(C)(C)C)C6)CSc5ccccc5)c(S(=O)(=O)C(F)(F)F)c4)cc3)CC2)CCC(C)(C)C1. The number of piperazine rings is 1. The molecule has 4 saturated heterocycles. The molecule has 1 spiro atoms. The summed E-state index contributed by atoms with van der Waals surface area (Å²) in [7, 11) is -11.1. The van der Waals surface area contributed by atoms with Crippen LogP contribution in [0.25, 0.3) is 10.4 Å². The number of rotatable bonds is 30. The van der Waals surface area contributed by atoms with E-state index in [1.165, 1.54) is 40.6 Å². The number of amides is 5. The molecule has 4 aliphatic heterocycles. The summed E-state index contributed by atoms with van der Waals surface area (Å²) < 4.78 is 100. The second-order valence-corrected chi connectivity index (χ2v) is 36.1. The number of benzene rings is 4. The lowest BCUT2D eigenvalue weighted by molar-refractivity contribution is -0.159. The number of hydrogen-bond donors (Lipinski definition) is 4. The Bertz CT molecular complexity index is 4120. The number of likely N-dealkylation sites (tertiary alicyclic amines) is 3. The Morgan fingerprint density at radius 1 is 0.816 bits per heavy atom. The van der Waals surface area contributed by atoms with Gasteiger partial charge in [-0.25, -0.2) is 26.5 Å². The molecule has 1 aliphatic carbocycles. The quantitative estimate of drug-likeness (QED) is 0.0247. The molecule has 4 atom stereocenters. The van der Waals surface area contributed by atoms with Crippen molar-refractivity contribution in [1.29, 1.82) is 0 Å². The molecule has 4 N–H and O–H groups in total. The first-order chi connectivity index (χ1) is 48.7. The lowest BCUT2D eigenvalue weighted by Gasteiger charge is -2.60. The molecule has 1 aromatic heterocycles. The van der Waals surface area contributed by atoms with Crippen molar-refractivity contribution >= 4 is 83.9 Å². The highest BCUT2D eigenvalue weighted by atomic mass is 32.2. The molecule has 10 rings (SSSR count). The summed E-state index contributed by atoms with van der Waals surface area (Å²) in [4.78, 5) is 82.8. The minimum absolute atomic E-state index is 0.0135. The van der Waals surface area contributed by atoms with Crippen LogP contribution in [0.5, 0.6) is 0 Å². The number of halogens is 3. The number of anilines is 2. The van der Waals surface area contributed by atoms with E-state index < -0.39 is 70.3 Å². The maximum absolute atomic E-state index is 14.6. The number of sulfone groups is 1. The molecule has 5 aliphatic rings. The number of sulfonamides is 1. The van der Waals surface area contributed by atoms with E-state index in [0.717, 1.165) is 109 Å². The number of carbonyl (C=O) groups excluding carboxylic acids is 5. The van der Waals surface area contributed by atoms with Crippen molar-refractivity contribution < 1.29 is 54.0 Å². The Kier molecular flexibility index (Phi) is 25.3. The highest BCUT2D eigenvalue weighted by Gasteiger charge is 2.53. The number of alkyl halides is 3. The van der Waals surface area contributed by atoms with Crippen molar-refractivity contribution in [3.8, 4) is 10.4 Å². The van der Waals surface area contributed by atoms with Gasteiger partial charge < -0.3 is 35.6 Å². The van der Waals surface area contributed by atoms with Gasteiger partial charge in [0, 0.05) is 118 Å². The number of thioether (sulfide) groups is 1. The van der Waals surface area contributed by atoms with Crippen molar-refractivity contribution in [2.45, 2.75) is 183 Å². The fraction of sp³-hybridized carbons (Fsp3) is 0.532. The third-order valence-electron chi connectivity index (χ3n) is 20.7. The molecule has 558 valence electrons. The summed E-state index contributed by atoms with van der Waals surface area (Å²) >= 11 is 2.99. The fourth-order valence-electron chi connectivity index (χ4n) is 14.8. The molecule has 5 heterocycles. The molecule has 5 aromatic rings. The van der Waals surface area contributed by atoms with Crippen molar-refractivity contribution in [2.75, 3.05) is 88.0 Å². The Labute approximate surface area is 614 Å². The molecule has 1 unspecified atom stereocenters. The molecule has 0 radical (unpaired) electrons. The van der Waals surface area contributed by atoms with Gasteiger partial charge in [-0.2, -0.15) is 13.2 Å². The van der Waals surface area contributed by atoms with Gasteiger partial charge in [0.15, 0.2) is 0 Å². The molecule has 103 heavy (non-hydrogen) atoms. The van der Waals surface area contributed by atoms with Gasteiger partial charge in [-0.3, -0.25) is 28.9 Å². The van der Waals surface area contributed by atoms with Crippen LogP contribution in [0.1, 0.15) is 160 Å². The van der Waals surface area contributed by atoms with Gasteiger partial charge in [-0.15, -0.1) is 23.1 Å². The van der Waals surface area contributed by atoms with Gasteiger partial charge in [-0.1, -0.05) is 115 Å². The van der Waals surface area contributed by atoms with Gasteiger partial charge >= 0.3 is 5.51 Å². The predicted octanol–water partition coefficient (Wildman–Crippen LogP) is 13.0. The second-order valence-electron chi connectivity index (χ2n) is 30.6. The number of nitrogens with zero attached hydrogens (tertiary/aromatic N) is 6. The number of carbonyl (C=O) groups is 5. The van der Waals surface area contributed by atoms with Crippen LogP contribution in [-0.4, -0.2) is 172 Å². The summed E-state index contributed by atoms with van der Waals surface area (Å²) in [6.45, 7) is 28.2. The van der Waals surface area contributed by atoms with E-state index in [2.05, 4.69) is 63.0 Å². The zero-order valence-electron chi connectivity index (χ0n) is 60.6. The van der Waals surface area contributed by atoms with Crippen LogP contribution in [0, 0.1) is 23.2 Å². The van der Waals surface area contributed by atoms with E-state index >= 15 is 0 Å². The van der Waals surface area contributed by atoms with Gasteiger partial charge in [-0.05, 0) is 154 Å². The normalized spacial score (nSPS) is 18.9. The summed E-state index contributed by atoms with van der Waals surface area (Å²) in [5.41, 5.74) is 2.96. The molecule has 0 saturated carbocycles. The molecule has 26 heteroatoms. The number of unbranched alkanes of at least 4 members (excludes halogenated alkanes) is 2. The Morgan fingerprint density at radius 3 is 2.16 bits per heavy atom. The van der Waals surface area contributed by atoms with Crippen molar-refractivity contribution in [1.82, 2.24) is 39.9 Å². The average Bonchev–Trinajstić information content (AvgIpc) is 1.07. The Balaban J connectivity index is 0.676. The molecule has 4 fully saturated rings. The van der Waals surface area contributed by atoms with E-state index in [4.69, 9.17) is 0 Å². The highest BCUT2D eigenvalue weighted by molar-refractivity contribution is 7.99. The monoisotopic (exact) mass is 1490 g/mol. The number of aromatic nitrogens is 1. The van der Waals surface area contributed by atoms with Crippen molar-refractivity contribution in [2.24, 2.45) is 16.2 Å². The third kappa shape index (κ3) is 19.7. The zero-order valence-corrected chi connectivity index (χ0v) is 63.9. The minimum atomic E-state index is -6.15. The summed E-state index contributed by atoms with van der Waals surface area (Å²) in [5, 5.41) is 9.14. The number of allylic oxidation sites excluding steroid dienone is 2. The van der Waals surface area contributed by atoms with Gasteiger partial charge in [0.2, 0.25) is 23.6 Å². The van der Waals surface area contributed by atoms with Crippen molar-refractivity contribution in [3.63, 3.8) is 0 Å². The minimum Gasteiger partial charge on any atom is -0.380 e. The van der Waals surface area contributed by atoms with Crippen LogP contribution in [0.4, 0.5) is 24.5 Å². The topological polar surface area (TPSA) is 231 Å². The number of thiazole rings is 1. The predicted molar refractivity (Wildman–Crippen MR) is 401 cm³/mol. The summed E-state index contributed by atoms with van der Waals surface area (Å²) in [6.07, 6.45) is 8.98. The first-order valence-electron chi connectivity index (χ1n) is 36.1. The van der Waals surface area contributed by atoms with Crippen LogP contribution in [0.3, 0.4) is 0 Å². The number of hydrogen-bond acceptors (Lipinski definition) is 16. The second kappa shape index (κ2) is 33.1. The molecule has 0 bridgehead atoms. The van der Waals surface area contributed by atoms with Crippen LogP contribution >= 0.6 is 23.1 Å². The third-order valence-corrected chi connectivity index (χ3v) is 25.7. The summed E-state index contributed by atoms with van der Waals surface area (Å²) in [6, 6.07) is 23.7. The molecular formula is C77H101F3N10O9S4. The van der Waals surface area contributed by atoms with Crippen LogP contribution in [0.2, 0.25) is 0 Å². The molecule has 5 amide bonds. The average molecular weight is 1500 g/mol. The van der Waals surface area contributed by atoms with Gasteiger partial charge in [0.1, 0.15) is 17.0 Å². The van der Waals surface area contributed by atoms with Crippen molar-refractivity contribution in [3.05, 3.63) is 143 Å². The van der Waals surface area contributed by atoms with Gasteiger partial charge in [0.25, 0.3) is 25.8 Å². The molecule has 4 aromatic carbocycles. The van der Waals surface area contributed by atoms with Gasteiger partial charge in [0.05, 0.1) is 32.7 Å². The molecular weight excluding hydrogens is 1390 g/mol. The maximum atomic E-state index is 14.6. The maximum Gasteiger partial charge on any atom is 0.501 e. The summed E-state index contributed by atoms with van der Waals surface area (Å²) in [5.74, 6) is -1.55. The first-order valence-corrected chi connectivity index (χ1v) is 40.9. The Morgan fingerprint density at radius 2 is 1.50 bits per heavy atom. The number of nitrogens with one attached hydrogen (secondary N) is 4. The lowest BCUT2D eigenvalue weighted by Crippen LogP contribution is -2.72. The van der Waals surface area contributed by atoms with E-state index in [1.807, 2.05) is 104 Å². The largest absolute Gasteiger partial charge is 0.501 e. The smallest absolute Gasteiger partial charge is 0.380 e. The van der Waals surface area contributed by atoms with Crippen LogP contribution < -0.4 is 25.6 Å².